The summed E-state index contributed by atoms with van der Waals surface area (Å²) in [4.78, 5) is 9.42. The summed E-state index contributed by atoms with van der Waals surface area (Å²) < 4.78 is 1.78. The van der Waals surface area contributed by atoms with Crippen molar-refractivity contribution in [3.8, 4) is 0 Å². The number of halogens is 1. The van der Waals surface area contributed by atoms with E-state index >= 15 is 0 Å². The summed E-state index contributed by atoms with van der Waals surface area (Å²) in [7, 11) is 1.77. The van der Waals surface area contributed by atoms with Crippen LogP contribution >= 0.6 is 35.3 Å². The molecule has 0 saturated heterocycles. The monoisotopic (exact) mass is 406 g/mol. The van der Waals surface area contributed by atoms with Crippen molar-refractivity contribution in [3.63, 3.8) is 0 Å². The number of aryl methyl sites for hydroxylation is 1. The Morgan fingerprint density at radius 3 is 2.90 bits per heavy atom. The Bertz CT molecular complexity index is 522. The first kappa shape index (κ1) is 16.9. The predicted octanol–water partition coefficient (Wildman–Crippen LogP) is 1.63. The van der Waals surface area contributed by atoms with Crippen molar-refractivity contribution in [3.05, 3.63) is 34.5 Å². The molecule has 0 aromatic carbocycles. The molecule has 0 fully saturated rings. The lowest BCUT2D eigenvalue weighted by atomic mass is 10.3. The summed E-state index contributed by atoms with van der Waals surface area (Å²) in [5, 5.41) is 12.7. The largest absolute Gasteiger partial charge is 0.355 e. The topological polar surface area (TPSA) is 67.1 Å². The van der Waals surface area contributed by atoms with Gasteiger partial charge in [0.15, 0.2) is 5.96 Å². The van der Waals surface area contributed by atoms with E-state index < -0.39 is 0 Å². The minimum absolute atomic E-state index is 0. The van der Waals surface area contributed by atoms with Crippen LogP contribution in [-0.2, 0) is 13.1 Å². The van der Waals surface area contributed by atoms with Gasteiger partial charge in [-0.3, -0.25) is 9.67 Å². The Balaban J connectivity index is 0.00000200. The van der Waals surface area contributed by atoms with Gasteiger partial charge in [-0.2, -0.15) is 5.10 Å². The summed E-state index contributed by atoms with van der Waals surface area (Å²) in [5.74, 6) is 0.799. The number of hydrogen-bond donors (Lipinski definition) is 2. The fourth-order valence-electron chi connectivity index (χ4n) is 1.61. The lowest BCUT2D eigenvalue weighted by Crippen LogP contribution is -2.38. The highest BCUT2D eigenvalue weighted by atomic mass is 127. The van der Waals surface area contributed by atoms with Crippen molar-refractivity contribution in [2.75, 3.05) is 13.6 Å². The van der Waals surface area contributed by atoms with Crippen LogP contribution in [0.2, 0.25) is 0 Å². The molecule has 0 unspecified atom stereocenters. The number of rotatable bonds is 5. The van der Waals surface area contributed by atoms with E-state index in [1.165, 1.54) is 16.8 Å². The van der Waals surface area contributed by atoms with Crippen molar-refractivity contribution in [2.24, 2.45) is 4.99 Å². The van der Waals surface area contributed by atoms with Gasteiger partial charge in [-0.25, -0.2) is 4.98 Å². The summed E-state index contributed by atoms with van der Waals surface area (Å²) in [5.41, 5.74) is 1.32. The zero-order valence-electron chi connectivity index (χ0n) is 11.5. The number of nitrogens with zero attached hydrogens (tertiary/aromatic N) is 4. The number of thiophene rings is 1. The van der Waals surface area contributed by atoms with Crippen LogP contribution in [0.15, 0.2) is 29.1 Å². The summed E-state index contributed by atoms with van der Waals surface area (Å²) >= 11 is 1.76. The lowest BCUT2D eigenvalue weighted by Gasteiger charge is -2.11. The standard InChI is InChI=1S/C12H18N6S.HI/c1-10-3-6-19-11(10)7-16-12(13-2)15-4-5-18-9-14-8-17-18;/h3,6,8-9H,4-5,7H2,1-2H3,(H2,13,15,16);1H. The lowest BCUT2D eigenvalue weighted by molar-refractivity contribution is 0.596. The Morgan fingerprint density at radius 2 is 2.30 bits per heavy atom. The van der Waals surface area contributed by atoms with Crippen molar-refractivity contribution in [1.82, 2.24) is 25.4 Å². The maximum atomic E-state index is 4.19. The average molecular weight is 406 g/mol. The number of hydrogen-bond acceptors (Lipinski definition) is 4. The highest BCUT2D eigenvalue weighted by Gasteiger charge is 2.01. The molecule has 20 heavy (non-hydrogen) atoms. The molecule has 0 radical (unpaired) electrons. The first-order chi connectivity index (χ1) is 9.29. The van der Waals surface area contributed by atoms with Gasteiger partial charge in [0, 0.05) is 18.5 Å². The molecular weight excluding hydrogens is 387 g/mol. The molecule has 2 rings (SSSR count). The van der Waals surface area contributed by atoms with Gasteiger partial charge in [0.1, 0.15) is 12.7 Å². The molecule has 0 aliphatic carbocycles. The minimum Gasteiger partial charge on any atom is -0.355 e. The highest BCUT2D eigenvalue weighted by Crippen LogP contribution is 2.14. The van der Waals surface area contributed by atoms with Crippen LogP contribution in [0.4, 0.5) is 0 Å². The van der Waals surface area contributed by atoms with E-state index in [2.05, 4.69) is 44.1 Å². The zero-order valence-corrected chi connectivity index (χ0v) is 14.7. The smallest absolute Gasteiger partial charge is 0.191 e. The van der Waals surface area contributed by atoms with E-state index in [4.69, 9.17) is 0 Å². The van der Waals surface area contributed by atoms with Crippen LogP contribution in [0.5, 0.6) is 0 Å². The van der Waals surface area contributed by atoms with Crippen LogP contribution in [0.3, 0.4) is 0 Å². The van der Waals surface area contributed by atoms with Crippen LogP contribution < -0.4 is 10.6 Å². The van der Waals surface area contributed by atoms with E-state index in [0.29, 0.717) is 0 Å². The fraction of sp³-hybridized carbons (Fsp3) is 0.417. The predicted molar refractivity (Wildman–Crippen MR) is 92.7 cm³/mol. The fourth-order valence-corrected chi connectivity index (χ4v) is 2.45. The number of nitrogens with one attached hydrogen (secondary N) is 2. The molecule has 0 aliphatic rings. The van der Waals surface area contributed by atoms with E-state index in [9.17, 15) is 0 Å². The maximum absolute atomic E-state index is 4.19. The normalized spacial score (nSPS) is 11.0. The van der Waals surface area contributed by atoms with Gasteiger partial charge in [0.25, 0.3) is 0 Å². The van der Waals surface area contributed by atoms with Crippen molar-refractivity contribution in [1.29, 1.82) is 0 Å². The molecule has 2 N–H and O–H groups in total. The van der Waals surface area contributed by atoms with Gasteiger partial charge >= 0.3 is 0 Å². The molecule has 0 spiro atoms. The summed E-state index contributed by atoms with van der Waals surface area (Å²) in [6, 6.07) is 2.13. The van der Waals surface area contributed by atoms with Gasteiger partial charge < -0.3 is 10.6 Å². The number of aromatic nitrogens is 3. The Kier molecular flexibility index (Phi) is 7.52. The molecule has 2 aromatic heterocycles. The van der Waals surface area contributed by atoms with Gasteiger partial charge in [-0.05, 0) is 23.9 Å². The Labute approximate surface area is 139 Å². The van der Waals surface area contributed by atoms with Crippen molar-refractivity contribution < 1.29 is 0 Å². The third-order valence-corrected chi connectivity index (χ3v) is 3.73. The third-order valence-electron chi connectivity index (χ3n) is 2.71. The molecule has 2 heterocycles. The summed E-state index contributed by atoms with van der Waals surface area (Å²) in [6.07, 6.45) is 3.24. The van der Waals surface area contributed by atoms with E-state index in [0.717, 1.165) is 25.6 Å². The van der Waals surface area contributed by atoms with Crippen LogP contribution in [-0.4, -0.2) is 34.3 Å². The second kappa shape index (κ2) is 8.90. The molecule has 110 valence electrons. The highest BCUT2D eigenvalue weighted by molar-refractivity contribution is 14.0. The zero-order chi connectivity index (χ0) is 13.5. The average Bonchev–Trinajstić information content (AvgIpc) is 3.05. The van der Waals surface area contributed by atoms with Gasteiger partial charge in [-0.1, -0.05) is 0 Å². The van der Waals surface area contributed by atoms with Gasteiger partial charge in [-0.15, -0.1) is 35.3 Å². The number of aliphatic imine (C=N–C) groups is 1. The first-order valence-electron chi connectivity index (χ1n) is 6.09. The second-order valence-corrected chi connectivity index (χ2v) is 5.04. The Hall–Kier alpha value is -1.16. The minimum atomic E-state index is 0. The molecule has 8 heteroatoms. The molecule has 0 saturated carbocycles. The molecule has 0 aliphatic heterocycles. The van der Waals surface area contributed by atoms with Gasteiger partial charge in [0.2, 0.25) is 0 Å². The SMILES string of the molecule is CN=C(NCCn1cncn1)NCc1sccc1C.I. The first-order valence-corrected chi connectivity index (χ1v) is 6.97. The molecule has 0 bridgehead atoms. The van der Waals surface area contributed by atoms with Crippen molar-refractivity contribution >= 4 is 41.3 Å². The maximum Gasteiger partial charge on any atom is 0.191 e. The van der Waals surface area contributed by atoms with Crippen LogP contribution in [0.1, 0.15) is 10.4 Å². The third kappa shape index (κ3) is 5.08. The second-order valence-electron chi connectivity index (χ2n) is 4.04. The Morgan fingerprint density at radius 1 is 1.45 bits per heavy atom. The number of guanidine groups is 1. The quantitative estimate of drug-likeness (QED) is 0.450. The van der Waals surface area contributed by atoms with Crippen LogP contribution in [0.25, 0.3) is 0 Å². The molecule has 0 atom stereocenters. The molecular formula is C12H19IN6S. The summed E-state index contributed by atoms with van der Waals surface area (Å²) in [6.45, 7) is 4.44. The van der Waals surface area contributed by atoms with E-state index in [1.807, 2.05) is 0 Å². The van der Waals surface area contributed by atoms with Crippen molar-refractivity contribution in [2.45, 2.75) is 20.0 Å². The van der Waals surface area contributed by atoms with Gasteiger partial charge in [0.05, 0.1) is 13.1 Å². The van der Waals surface area contributed by atoms with E-state index in [1.54, 1.807) is 29.4 Å². The molecule has 0 amide bonds. The van der Waals surface area contributed by atoms with Crippen LogP contribution in [0, 0.1) is 6.92 Å². The molecule has 6 nitrogen and oxygen atoms in total. The molecule has 2 aromatic rings. The van der Waals surface area contributed by atoms with E-state index in [-0.39, 0.29) is 24.0 Å².